The number of hydrogen-bond donors (Lipinski definition) is 1. The van der Waals surface area contributed by atoms with Gasteiger partial charge in [-0.3, -0.25) is 0 Å². The lowest BCUT2D eigenvalue weighted by Gasteiger charge is -2.08. The Kier molecular flexibility index (Phi) is 3.83. The van der Waals surface area contributed by atoms with Gasteiger partial charge in [0.05, 0.1) is 0 Å². The summed E-state index contributed by atoms with van der Waals surface area (Å²) in [6, 6.07) is 5.78. The van der Waals surface area contributed by atoms with Crippen LogP contribution in [0.3, 0.4) is 0 Å². The largest absolute Gasteiger partial charge is 0.412 e. The number of carbonyl (C=O) groups excluding carboxylic acids is 1. The lowest BCUT2D eigenvalue weighted by atomic mass is 10.2. The molecule has 0 radical (unpaired) electrons. The van der Waals surface area contributed by atoms with Crippen molar-refractivity contribution in [1.29, 1.82) is 0 Å². The zero-order valence-corrected chi connectivity index (χ0v) is 9.27. The summed E-state index contributed by atoms with van der Waals surface area (Å²) < 4.78 is 5.10. The highest BCUT2D eigenvalue weighted by molar-refractivity contribution is 7.98. The molecule has 1 aromatic carbocycles. The Morgan fingerprint density at radius 1 is 1.50 bits per heavy atom. The van der Waals surface area contributed by atoms with Gasteiger partial charge in [-0.1, -0.05) is 6.07 Å². The number of rotatable bonds is 2. The number of nitrogens with one attached hydrogen (secondary N) is 1. The second-order valence-electron chi connectivity index (χ2n) is 2.79. The molecule has 1 N–H and O–H groups in total. The van der Waals surface area contributed by atoms with Gasteiger partial charge in [0.15, 0.2) is 0 Å². The molecule has 0 aliphatic heterocycles. The Hall–Kier alpha value is -1.16. The van der Waals surface area contributed by atoms with Crippen molar-refractivity contribution in [3.63, 3.8) is 0 Å². The van der Waals surface area contributed by atoms with Crippen molar-refractivity contribution in [3.8, 4) is 5.75 Å². The van der Waals surface area contributed by atoms with Gasteiger partial charge in [-0.2, -0.15) is 0 Å². The third kappa shape index (κ3) is 2.67. The fourth-order valence-electron chi connectivity index (χ4n) is 1.01. The summed E-state index contributed by atoms with van der Waals surface area (Å²) in [4.78, 5) is 12.0. The van der Waals surface area contributed by atoms with Crippen LogP contribution in [0.5, 0.6) is 5.75 Å². The molecule has 4 heteroatoms. The van der Waals surface area contributed by atoms with Crippen molar-refractivity contribution >= 4 is 17.9 Å². The molecule has 0 aliphatic carbocycles. The third-order valence-electron chi connectivity index (χ3n) is 1.73. The van der Waals surface area contributed by atoms with Crippen molar-refractivity contribution in [3.05, 3.63) is 23.8 Å². The van der Waals surface area contributed by atoms with E-state index < -0.39 is 6.09 Å². The summed E-state index contributed by atoms with van der Waals surface area (Å²) in [5.41, 5.74) is 1.07. The minimum atomic E-state index is -0.439. The fraction of sp³-hybridized carbons (Fsp3) is 0.300. The first-order valence-electron chi connectivity index (χ1n) is 4.21. The van der Waals surface area contributed by atoms with E-state index in [1.807, 2.05) is 31.4 Å². The Morgan fingerprint density at radius 3 is 2.79 bits per heavy atom. The number of thioether (sulfide) groups is 1. The van der Waals surface area contributed by atoms with Gasteiger partial charge in [-0.05, 0) is 30.9 Å². The fourth-order valence-corrected chi connectivity index (χ4v) is 1.52. The molecule has 0 bridgehead atoms. The topological polar surface area (TPSA) is 38.3 Å². The molecule has 1 amide bonds. The molecular formula is C10H13NO2S. The summed E-state index contributed by atoms with van der Waals surface area (Å²) in [6.45, 7) is 1.96. The van der Waals surface area contributed by atoms with Gasteiger partial charge in [-0.25, -0.2) is 4.79 Å². The lowest BCUT2D eigenvalue weighted by Crippen LogP contribution is -2.22. The van der Waals surface area contributed by atoms with Crippen molar-refractivity contribution in [1.82, 2.24) is 5.32 Å². The van der Waals surface area contributed by atoms with Crippen molar-refractivity contribution in [2.24, 2.45) is 0 Å². The van der Waals surface area contributed by atoms with E-state index in [9.17, 15) is 4.79 Å². The average Bonchev–Trinajstić information content (AvgIpc) is 2.18. The van der Waals surface area contributed by atoms with Crippen molar-refractivity contribution < 1.29 is 9.53 Å². The number of amides is 1. The average molecular weight is 211 g/mol. The number of benzene rings is 1. The van der Waals surface area contributed by atoms with Gasteiger partial charge in [-0.15, -0.1) is 11.8 Å². The molecule has 0 aliphatic rings. The molecule has 1 aromatic rings. The molecule has 0 fully saturated rings. The van der Waals surface area contributed by atoms with Crippen LogP contribution in [0, 0.1) is 6.92 Å². The molecule has 0 saturated heterocycles. The van der Waals surface area contributed by atoms with Crippen LogP contribution in [0.2, 0.25) is 0 Å². The zero-order valence-electron chi connectivity index (χ0n) is 8.46. The van der Waals surface area contributed by atoms with Crippen molar-refractivity contribution in [2.75, 3.05) is 13.3 Å². The highest BCUT2D eigenvalue weighted by atomic mass is 32.2. The van der Waals surface area contributed by atoms with Gasteiger partial charge in [0.2, 0.25) is 0 Å². The maximum atomic E-state index is 11.0. The summed E-state index contributed by atoms with van der Waals surface area (Å²) >= 11 is 1.55. The summed E-state index contributed by atoms with van der Waals surface area (Å²) in [5.74, 6) is 0.608. The second-order valence-corrected chi connectivity index (χ2v) is 3.64. The molecule has 14 heavy (non-hydrogen) atoms. The number of hydrogen-bond acceptors (Lipinski definition) is 3. The summed E-state index contributed by atoms with van der Waals surface area (Å²) in [6.07, 6.45) is 1.51. The van der Waals surface area contributed by atoms with Crippen LogP contribution in [0.4, 0.5) is 4.79 Å². The third-order valence-corrected chi connectivity index (χ3v) is 2.50. The molecule has 0 atom stereocenters. The maximum Gasteiger partial charge on any atom is 0.412 e. The van der Waals surface area contributed by atoms with Crippen LogP contribution in [-0.2, 0) is 0 Å². The van der Waals surface area contributed by atoms with E-state index in [4.69, 9.17) is 4.74 Å². The first kappa shape index (κ1) is 10.9. The van der Waals surface area contributed by atoms with E-state index in [-0.39, 0.29) is 0 Å². The molecule has 0 unspecified atom stereocenters. The first-order chi connectivity index (χ1) is 6.67. The number of carbonyl (C=O) groups is 1. The van der Waals surface area contributed by atoms with Crippen LogP contribution in [0.15, 0.2) is 23.1 Å². The summed E-state index contributed by atoms with van der Waals surface area (Å²) in [5, 5.41) is 2.41. The van der Waals surface area contributed by atoms with Gasteiger partial charge in [0.25, 0.3) is 0 Å². The smallest absolute Gasteiger partial charge is 0.409 e. The van der Waals surface area contributed by atoms with Crippen molar-refractivity contribution in [2.45, 2.75) is 11.8 Å². The normalized spacial score (nSPS) is 9.64. The zero-order chi connectivity index (χ0) is 10.6. The predicted octanol–water partition coefficient (Wildman–Crippen LogP) is 2.44. The van der Waals surface area contributed by atoms with E-state index in [0.29, 0.717) is 5.75 Å². The Bertz CT molecular complexity index is 339. The van der Waals surface area contributed by atoms with E-state index in [1.54, 1.807) is 11.8 Å². The highest BCUT2D eigenvalue weighted by Gasteiger charge is 2.06. The quantitative estimate of drug-likeness (QED) is 0.763. The van der Waals surface area contributed by atoms with E-state index in [0.717, 1.165) is 10.5 Å². The highest BCUT2D eigenvalue weighted by Crippen LogP contribution is 2.28. The monoisotopic (exact) mass is 211 g/mol. The Morgan fingerprint density at radius 2 is 2.21 bits per heavy atom. The van der Waals surface area contributed by atoms with Gasteiger partial charge >= 0.3 is 6.09 Å². The molecule has 1 rings (SSSR count). The summed E-state index contributed by atoms with van der Waals surface area (Å²) in [7, 11) is 1.54. The van der Waals surface area contributed by atoms with Crippen LogP contribution in [0.1, 0.15) is 5.56 Å². The molecule has 0 aromatic heterocycles. The van der Waals surface area contributed by atoms with Crippen LogP contribution < -0.4 is 10.1 Å². The molecule has 0 saturated carbocycles. The standard InChI is InChI=1S/C10H13NO2S/c1-7-4-5-9(14-3)8(6-7)13-10(12)11-2/h4-6H,1-3H3,(H,11,12). The lowest BCUT2D eigenvalue weighted by molar-refractivity contribution is 0.202. The molecule has 76 valence electrons. The second kappa shape index (κ2) is 4.91. The van der Waals surface area contributed by atoms with Gasteiger partial charge in [0, 0.05) is 11.9 Å². The minimum Gasteiger partial charge on any atom is -0.409 e. The van der Waals surface area contributed by atoms with Crippen LogP contribution in [-0.4, -0.2) is 19.4 Å². The van der Waals surface area contributed by atoms with Crippen LogP contribution >= 0.6 is 11.8 Å². The minimum absolute atomic E-state index is 0.439. The number of ether oxygens (including phenoxy) is 1. The van der Waals surface area contributed by atoms with E-state index >= 15 is 0 Å². The van der Waals surface area contributed by atoms with E-state index in [2.05, 4.69) is 5.32 Å². The van der Waals surface area contributed by atoms with E-state index in [1.165, 1.54) is 7.05 Å². The predicted molar refractivity (Wildman–Crippen MR) is 58.0 cm³/mol. The Labute approximate surface area is 87.8 Å². The van der Waals surface area contributed by atoms with Crippen LogP contribution in [0.25, 0.3) is 0 Å². The molecule has 3 nitrogen and oxygen atoms in total. The van der Waals surface area contributed by atoms with Gasteiger partial charge < -0.3 is 10.1 Å². The maximum absolute atomic E-state index is 11.0. The Balaban J connectivity index is 2.93. The number of aryl methyl sites for hydroxylation is 1. The molecular weight excluding hydrogens is 198 g/mol. The van der Waals surface area contributed by atoms with Gasteiger partial charge in [0.1, 0.15) is 5.75 Å². The first-order valence-corrected chi connectivity index (χ1v) is 5.44. The SMILES string of the molecule is CNC(=O)Oc1cc(C)ccc1SC. The molecule has 0 spiro atoms. The molecule has 0 heterocycles.